The lowest BCUT2D eigenvalue weighted by Gasteiger charge is -2.14. The molecule has 0 aliphatic heterocycles. The molecule has 7 heteroatoms. The van der Waals surface area contributed by atoms with Gasteiger partial charge in [0, 0.05) is 17.3 Å². The van der Waals surface area contributed by atoms with Crippen molar-refractivity contribution in [2.75, 3.05) is 13.2 Å². The number of nitrogens with two attached hydrogens (primary N) is 1. The SMILES string of the molecule is NNC(=O)c1ccc(C=CCNC(=O)OCC2c3ccccc3-c3ccccc32)s1. The Labute approximate surface area is 178 Å². The number of benzene rings is 2. The van der Waals surface area contributed by atoms with E-state index < -0.39 is 6.09 Å². The summed E-state index contributed by atoms with van der Waals surface area (Å²) in [6, 6.07) is 20.0. The molecule has 4 rings (SSSR count). The number of rotatable bonds is 6. The smallest absolute Gasteiger partial charge is 0.407 e. The Bertz CT molecular complexity index is 1060. The van der Waals surface area contributed by atoms with Crippen LogP contribution in [0.3, 0.4) is 0 Å². The first-order chi connectivity index (χ1) is 14.7. The molecule has 0 fully saturated rings. The van der Waals surface area contributed by atoms with Crippen LogP contribution in [0.15, 0.2) is 66.7 Å². The zero-order valence-corrected chi connectivity index (χ0v) is 16.9. The molecule has 1 aliphatic rings. The van der Waals surface area contributed by atoms with Gasteiger partial charge in [-0.2, -0.15) is 0 Å². The predicted octanol–water partition coefficient (Wildman–Crippen LogP) is 3.90. The van der Waals surface area contributed by atoms with E-state index in [9.17, 15) is 9.59 Å². The number of hydrazine groups is 1. The molecule has 30 heavy (non-hydrogen) atoms. The van der Waals surface area contributed by atoms with Gasteiger partial charge in [0.2, 0.25) is 0 Å². The minimum atomic E-state index is -0.462. The van der Waals surface area contributed by atoms with Crippen molar-refractivity contribution >= 4 is 29.4 Å². The quantitative estimate of drug-likeness (QED) is 0.321. The lowest BCUT2D eigenvalue weighted by molar-refractivity contribution is 0.0957. The molecule has 0 radical (unpaired) electrons. The number of nitrogens with one attached hydrogen (secondary N) is 2. The van der Waals surface area contributed by atoms with Crippen LogP contribution in [0.1, 0.15) is 31.6 Å². The van der Waals surface area contributed by atoms with Crippen molar-refractivity contribution in [1.29, 1.82) is 0 Å². The molecule has 4 N–H and O–H groups in total. The van der Waals surface area contributed by atoms with Crippen molar-refractivity contribution in [1.82, 2.24) is 10.7 Å². The van der Waals surface area contributed by atoms with Crippen LogP contribution in [-0.2, 0) is 4.74 Å². The Morgan fingerprint density at radius 1 is 1.00 bits per heavy atom. The maximum atomic E-state index is 12.1. The summed E-state index contributed by atoms with van der Waals surface area (Å²) >= 11 is 1.32. The highest BCUT2D eigenvalue weighted by atomic mass is 32.1. The number of amides is 2. The standard InChI is InChI=1S/C23H21N3O3S/c24-26-22(27)21-12-11-15(30-21)6-5-13-25-23(28)29-14-20-18-9-3-1-7-16(18)17-8-2-4-10-19(17)20/h1-12,20H,13-14,24H2,(H,25,28)(H,26,27). The van der Waals surface area contributed by atoms with Gasteiger partial charge in [-0.15, -0.1) is 11.3 Å². The van der Waals surface area contributed by atoms with E-state index >= 15 is 0 Å². The summed E-state index contributed by atoms with van der Waals surface area (Å²) in [6.45, 7) is 0.610. The Morgan fingerprint density at radius 2 is 1.67 bits per heavy atom. The van der Waals surface area contributed by atoms with E-state index in [1.807, 2.05) is 36.4 Å². The molecule has 2 aromatic carbocycles. The van der Waals surface area contributed by atoms with Crippen molar-refractivity contribution in [3.05, 3.63) is 87.6 Å². The van der Waals surface area contributed by atoms with Gasteiger partial charge in [0.05, 0.1) is 4.88 Å². The summed E-state index contributed by atoms with van der Waals surface area (Å²) in [4.78, 5) is 25.0. The molecule has 0 saturated heterocycles. The molecule has 3 aromatic rings. The highest BCUT2D eigenvalue weighted by molar-refractivity contribution is 7.14. The van der Waals surface area contributed by atoms with Crippen molar-refractivity contribution in [3.63, 3.8) is 0 Å². The third-order valence-electron chi connectivity index (χ3n) is 4.97. The number of carbonyl (C=O) groups is 2. The van der Waals surface area contributed by atoms with Gasteiger partial charge in [0.25, 0.3) is 5.91 Å². The lowest BCUT2D eigenvalue weighted by atomic mass is 9.98. The van der Waals surface area contributed by atoms with Crippen LogP contribution in [0.4, 0.5) is 4.79 Å². The lowest BCUT2D eigenvalue weighted by Crippen LogP contribution is -2.29. The maximum absolute atomic E-state index is 12.1. The fourth-order valence-electron chi connectivity index (χ4n) is 3.60. The molecule has 1 aliphatic carbocycles. The second-order valence-electron chi connectivity index (χ2n) is 6.78. The average molecular weight is 420 g/mol. The molecule has 0 saturated carbocycles. The highest BCUT2D eigenvalue weighted by Gasteiger charge is 2.28. The predicted molar refractivity (Wildman–Crippen MR) is 118 cm³/mol. The van der Waals surface area contributed by atoms with Crippen LogP contribution >= 0.6 is 11.3 Å². The number of fused-ring (bicyclic) bond motifs is 3. The minimum Gasteiger partial charge on any atom is -0.449 e. The van der Waals surface area contributed by atoms with Crippen LogP contribution in [0, 0.1) is 0 Å². The van der Waals surface area contributed by atoms with Crippen molar-refractivity contribution in [3.8, 4) is 11.1 Å². The molecular weight excluding hydrogens is 398 g/mol. The molecule has 0 spiro atoms. The first-order valence-corrected chi connectivity index (χ1v) is 10.3. The van der Waals surface area contributed by atoms with Gasteiger partial charge in [0.15, 0.2) is 0 Å². The Morgan fingerprint density at radius 3 is 2.33 bits per heavy atom. The van der Waals surface area contributed by atoms with Crippen LogP contribution < -0.4 is 16.6 Å². The van der Waals surface area contributed by atoms with E-state index in [2.05, 4.69) is 35.0 Å². The molecular formula is C23H21N3O3S. The van der Waals surface area contributed by atoms with Crippen molar-refractivity contribution in [2.45, 2.75) is 5.92 Å². The van der Waals surface area contributed by atoms with Gasteiger partial charge in [-0.05, 0) is 40.5 Å². The monoisotopic (exact) mass is 419 g/mol. The van der Waals surface area contributed by atoms with E-state index in [1.54, 1.807) is 12.1 Å². The summed E-state index contributed by atoms with van der Waals surface area (Å²) in [5.41, 5.74) is 6.86. The Kier molecular flexibility index (Phi) is 5.92. The summed E-state index contributed by atoms with van der Waals surface area (Å²) in [7, 11) is 0. The van der Waals surface area contributed by atoms with E-state index in [-0.39, 0.29) is 18.4 Å². The number of hydrogen-bond donors (Lipinski definition) is 3. The third kappa shape index (κ3) is 4.12. The number of nitrogen functional groups attached to an aromatic ring is 1. The van der Waals surface area contributed by atoms with Crippen LogP contribution in [-0.4, -0.2) is 25.2 Å². The number of alkyl carbamates (subject to hydrolysis) is 1. The minimum absolute atomic E-state index is 0.0388. The molecule has 1 heterocycles. The molecule has 1 aromatic heterocycles. The van der Waals surface area contributed by atoms with E-state index in [0.717, 1.165) is 4.88 Å². The topological polar surface area (TPSA) is 93.5 Å². The fraction of sp³-hybridized carbons (Fsp3) is 0.130. The van der Waals surface area contributed by atoms with Gasteiger partial charge >= 0.3 is 6.09 Å². The molecule has 6 nitrogen and oxygen atoms in total. The van der Waals surface area contributed by atoms with E-state index in [1.165, 1.54) is 33.6 Å². The largest absolute Gasteiger partial charge is 0.449 e. The molecule has 0 unspecified atom stereocenters. The van der Waals surface area contributed by atoms with Gasteiger partial charge in [-0.25, -0.2) is 10.6 Å². The van der Waals surface area contributed by atoms with Crippen LogP contribution in [0.5, 0.6) is 0 Å². The fourth-order valence-corrected chi connectivity index (χ4v) is 4.44. The van der Waals surface area contributed by atoms with Crippen LogP contribution in [0.2, 0.25) is 0 Å². The second-order valence-corrected chi connectivity index (χ2v) is 7.90. The highest BCUT2D eigenvalue weighted by Crippen LogP contribution is 2.44. The van der Waals surface area contributed by atoms with Crippen molar-refractivity contribution < 1.29 is 14.3 Å². The number of hydrogen-bond acceptors (Lipinski definition) is 5. The Balaban J connectivity index is 1.30. The van der Waals surface area contributed by atoms with E-state index in [4.69, 9.17) is 10.6 Å². The number of thiophene rings is 1. The number of carbonyl (C=O) groups excluding carboxylic acids is 2. The van der Waals surface area contributed by atoms with Gasteiger partial charge in [-0.1, -0.05) is 54.6 Å². The zero-order valence-electron chi connectivity index (χ0n) is 16.1. The zero-order chi connectivity index (χ0) is 20.9. The molecule has 0 bridgehead atoms. The summed E-state index contributed by atoms with van der Waals surface area (Å²) in [5, 5.41) is 2.72. The maximum Gasteiger partial charge on any atom is 0.407 e. The normalized spacial score (nSPS) is 12.4. The van der Waals surface area contributed by atoms with Crippen LogP contribution in [0.25, 0.3) is 17.2 Å². The summed E-state index contributed by atoms with van der Waals surface area (Å²) in [5.74, 6) is 4.84. The second kappa shape index (κ2) is 8.94. The van der Waals surface area contributed by atoms with Crippen molar-refractivity contribution in [2.24, 2.45) is 5.84 Å². The molecule has 0 atom stereocenters. The van der Waals surface area contributed by atoms with E-state index in [0.29, 0.717) is 11.4 Å². The average Bonchev–Trinajstić information content (AvgIpc) is 3.38. The first-order valence-electron chi connectivity index (χ1n) is 9.53. The molecule has 152 valence electrons. The first kappa shape index (κ1) is 19.9. The van der Waals surface area contributed by atoms with Gasteiger partial charge < -0.3 is 10.1 Å². The Hall–Kier alpha value is -3.42. The third-order valence-corrected chi connectivity index (χ3v) is 6.02. The summed E-state index contributed by atoms with van der Waals surface area (Å²) < 4.78 is 5.49. The summed E-state index contributed by atoms with van der Waals surface area (Å²) in [6.07, 6.45) is 3.18. The number of ether oxygens (including phenoxy) is 1. The molecule has 2 amide bonds. The van der Waals surface area contributed by atoms with Gasteiger partial charge in [0.1, 0.15) is 6.61 Å². The van der Waals surface area contributed by atoms with Gasteiger partial charge in [-0.3, -0.25) is 10.2 Å².